The molecule has 0 aromatic carbocycles. The lowest BCUT2D eigenvalue weighted by molar-refractivity contribution is -0.207. The van der Waals surface area contributed by atoms with E-state index < -0.39 is 16.2 Å². The van der Waals surface area contributed by atoms with Crippen LogP contribution in [-0.2, 0) is 31.0 Å². The summed E-state index contributed by atoms with van der Waals surface area (Å²) in [6, 6.07) is 0. The molecule has 0 unspecified atom stereocenters. The molecule has 1 spiro atoms. The average molecular weight is 279 g/mol. The van der Waals surface area contributed by atoms with Crippen LogP contribution in [0.25, 0.3) is 0 Å². The molecule has 0 amide bonds. The third-order valence-electron chi connectivity index (χ3n) is 2.80. The van der Waals surface area contributed by atoms with Crippen LogP contribution in [0.4, 0.5) is 0 Å². The van der Waals surface area contributed by atoms with Gasteiger partial charge in [-0.15, -0.1) is 0 Å². The van der Waals surface area contributed by atoms with Crippen LogP contribution in [0, 0.1) is 0 Å². The normalized spacial score (nSPS) is 24.1. The van der Waals surface area contributed by atoms with Crippen molar-refractivity contribution >= 4 is 28.5 Å². The summed E-state index contributed by atoms with van der Waals surface area (Å²) in [5.41, 5.74) is 0.825. The van der Waals surface area contributed by atoms with Crippen molar-refractivity contribution in [1.82, 2.24) is 9.07 Å². The second-order valence-corrected chi connectivity index (χ2v) is 5.33. The van der Waals surface area contributed by atoms with E-state index in [9.17, 15) is 13.2 Å². The van der Waals surface area contributed by atoms with E-state index in [0.29, 0.717) is 31.2 Å². The first-order chi connectivity index (χ1) is 7.97. The summed E-state index contributed by atoms with van der Waals surface area (Å²) < 4.78 is 32.6. The molecule has 0 radical (unpaired) electrons. The molecule has 0 N–H and O–H groups in total. The predicted octanol–water partition coefficient (Wildman–Crippen LogP) is 0.478. The first-order valence-electron chi connectivity index (χ1n) is 4.87. The zero-order valence-electron chi connectivity index (χ0n) is 8.42. The van der Waals surface area contributed by atoms with E-state index in [0.717, 1.165) is 4.09 Å². The second-order valence-electron chi connectivity index (χ2n) is 3.85. The summed E-state index contributed by atoms with van der Waals surface area (Å²) in [6.07, 6.45) is 2.09. The summed E-state index contributed by atoms with van der Waals surface area (Å²) in [6.45, 7) is 0. The molecular weight excluding hydrogens is 272 g/mol. The van der Waals surface area contributed by atoms with Crippen molar-refractivity contribution in [3.05, 3.63) is 17.2 Å². The summed E-state index contributed by atoms with van der Waals surface area (Å²) in [7, 11) is -3.92. The first-order valence-corrected chi connectivity index (χ1v) is 6.54. The number of carbonyl (C=O) groups is 1. The molecule has 0 atom stereocenters. The maximum atomic E-state index is 10.9. The monoisotopic (exact) mass is 278 g/mol. The lowest BCUT2D eigenvalue weighted by Crippen LogP contribution is -2.50. The van der Waals surface area contributed by atoms with Crippen LogP contribution < -0.4 is 0 Å². The third kappa shape index (κ3) is 1.45. The van der Waals surface area contributed by atoms with Gasteiger partial charge in [-0.25, -0.2) is 17.4 Å². The number of imidazole rings is 1. The van der Waals surface area contributed by atoms with Crippen molar-refractivity contribution in [3.63, 3.8) is 0 Å². The van der Waals surface area contributed by atoms with Gasteiger partial charge in [-0.1, -0.05) is 0 Å². The SMILES string of the molecule is O=Cc1nc2c(n1Cl)CCCC21OS(=O)(=O)O1. The van der Waals surface area contributed by atoms with Crippen molar-refractivity contribution in [1.29, 1.82) is 0 Å². The molecule has 1 fully saturated rings. The van der Waals surface area contributed by atoms with Gasteiger partial charge >= 0.3 is 10.4 Å². The maximum absolute atomic E-state index is 10.9. The van der Waals surface area contributed by atoms with Crippen LogP contribution in [0.2, 0.25) is 0 Å². The lowest BCUT2D eigenvalue weighted by Gasteiger charge is -2.40. The Morgan fingerprint density at radius 1 is 1.47 bits per heavy atom. The summed E-state index contributed by atoms with van der Waals surface area (Å²) in [4.78, 5) is 14.7. The zero-order valence-corrected chi connectivity index (χ0v) is 9.99. The number of carbonyl (C=O) groups excluding carboxylic acids is 1. The fourth-order valence-electron chi connectivity index (χ4n) is 2.15. The number of aromatic nitrogens is 2. The van der Waals surface area contributed by atoms with E-state index in [2.05, 4.69) is 4.98 Å². The molecule has 17 heavy (non-hydrogen) atoms. The molecule has 3 rings (SSSR count). The van der Waals surface area contributed by atoms with Gasteiger partial charge in [0.2, 0.25) is 0 Å². The van der Waals surface area contributed by atoms with Crippen LogP contribution in [0.15, 0.2) is 0 Å². The van der Waals surface area contributed by atoms with Crippen LogP contribution in [0.3, 0.4) is 0 Å². The molecule has 9 heteroatoms. The van der Waals surface area contributed by atoms with Gasteiger partial charge in [-0.3, -0.25) is 4.79 Å². The minimum atomic E-state index is -3.92. The average Bonchev–Trinajstić information content (AvgIpc) is 2.55. The number of hydrogen-bond donors (Lipinski definition) is 0. The molecule has 0 bridgehead atoms. The number of aldehydes is 1. The molecule has 2 aliphatic rings. The minimum Gasteiger partial charge on any atom is -0.294 e. The van der Waals surface area contributed by atoms with Gasteiger partial charge in [0, 0.05) is 18.2 Å². The molecule has 1 saturated heterocycles. The van der Waals surface area contributed by atoms with Crippen molar-refractivity contribution < 1.29 is 21.6 Å². The van der Waals surface area contributed by atoms with Crippen molar-refractivity contribution in [2.24, 2.45) is 0 Å². The van der Waals surface area contributed by atoms with Crippen molar-refractivity contribution in [2.45, 2.75) is 25.0 Å². The third-order valence-corrected chi connectivity index (χ3v) is 4.12. The maximum Gasteiger partial charge on any atom is 0.406 e. The topological polar surface area (TPSA) is 87.5 Å². The summed E-state index contributed by atoms with van der Waals surface area (Å²) in [5, 5.41) is 0. The van der Waals surface area contributed by atoms with Gasteiger partial charge in [-0.2, -0.15) is 8.42 Å². The second kappa shape index (κ2) is 3.29. The Balaban J connectivity index is 2.13. The Morgan fingerprint density at radius 3 is 2.76 bits per heavy atom. The van der Waals surface area contributed by atoms with Gasteiger partial charge in [0.1, 0.15) is 5.69 Å². The number of fused-ring (bicyclic) bond motifs is 2. The highest BCUT2D eigenvalue weighted by atomic mass is 35.5. The number of hydrogen-bond acceptors (Lipinski definition) is 6. The zero-order chi connectivity index (χ0) is 12.3. The number of nitrogens with zero attached hydrogens (tertiary/aromatic N) is 2. The summed E-state index contributed by atoms with van der Waals surface area (Å²) >= 11 is 5.88. The van der Waals surface area contributed by atoms with Gasteiger partial charge < -0.3 is 0 Å². The molecular formula is C8H7ClN2O5S. The Hall–Kier alpha value is -0.960. The highest BCUT2D eigenvalue weighted by molar-refractivity contribution is 7.82. The summed E-state index contributed by atoms with van der Waals surface area (Å²) in [5.74, 6) is -1.38. The van der Waals surface area contributed by atoms with Crippen molar-refractivity contribution in [2.75, 3.05) is 0 Å². The Bertz CT molecular complexity index is 596. The van der Waals surface area contributed by atoms with Gasteiger partial charge in [-0.05, 0) is 12.8 Å². The van der Waals surface area contributed by atoms with Crippen LogP contribution in [0.5, 0.6) is 0 Å². The Morgan fingerprint density at radius 2 is 2.18 bits per heavy atom. The fraction of sp³-hybridized carbons (Fsp3) is 0.500. The highest BCUT2D eigenvalue weighted by Gasteiger charge is 2.57. The van der Waals surface area contributed by atoms with Crippen LogP contribution in [0.1, 0.15) is 34.8 Å². The van der Waals surface area contributed by atoms with E-state index in [4.69, 9.17) is 20.1 Å². The lowest BCUT2D eigenvalue weighted by atomic mass is 9.95. The largest absolute Gasteiger partial charge is 0.406 e. The molecule has 0 saturated carbocycles. The highest BCUT2D eigenvalue weighted by Crippen LogP contribution is 2.48. The molecule has 7 nitrogen and oxygen atoms in total. The van der Waals surface area contributed by atoms with Crippen LogP contribution in [-0.4, -0.2) is 23.8 Å². The van der Waals surface area contributed by atoms with E-state index >= 15 is 0 Å². The molecule has 1 aliphatic carbocycles. The molecule has 92 valence electrons. The Labute approximate surface area is 102 Å². The van der Waals surface area contributed by atoms with E-state index in [1.54, 1.807) is 0 Å². The van der Waals surface area contributed by atoms with Gasteiger partial charge in [0.15, 0.2) is 12.1 Å². The molecule has 2 heterocycles. The number of rotatable bonds is 1. The standard InChI is InChI=1S/C8H7ClN2O5S/c9-11-5-2-1-3-8(15-17(13,14)16-8)7(5)10-6(11)4-12/h4H,1-3H2. The van der Waals surface area contributed by atoms with Crippen molar-refractivity contribution in [3.8, 4) is 0 Å². The molecule has 1 aliphatic heterocycles. The predicted molar refractivity (Wildman–Crippen MR) is 54.6 cm³/mol. The Kier molecular flexibility index (Phi) is 2.15. The van der Waals surface area contributed by atoms with Gasteiger partial charge in [0.25, 0.3) is 5.79 Å². The van der Waals surface area contributed by atoms with E-state index in [-0.39, 0.29) is 11.5 Å². The number of halogens is 1. The molecule has 1 aromatic heterocycles. The first kappa shape index (κ1) is 11.1. The molecule has 1 aromatic rings. The fourth-order valence-corrected chi connectivity index (χ4v) is 3.39. The quantitative estimate of drug-likeness (QED) is 0.694. The smallest absolute Gasteiger partial charge is 0.294 e. The van der Waals surface area contributed by atoms with Crippen LogP contribution >= 0.6 is 11.8 Å². The van der Waals surface area contributed by atoms with E-state index in [1.807, 2.05) is 0 Å². The van der Waals surface area contributed by atoms with Gasteiger partial charge in [0.05, 0.1) is 5.69 Å². The van der Waals surface area contributed by atoms with E-state index in [1.165, 1.54) is 0 Å². The minimum absolute atomic E-state index is 0.00874.